The van der Waals surface area contributed by atoms with E-state index in [1.165, 1.54) is 13.8 Å². The third-order valence-electron chi connectivity index (χ3n) is 4.46. The molecule has 0 heterocycles. The molecular formula is C30H38O4. The highest BCUT2D eigenvalue weighted by Crippen LogP contribution is 2.29. The van der Waals surface area contributed by atoms with Crippen LogP contribution in [0.4, 0.5) is 0 Å². The highest BCUT2D eigenvalue weighted by Gasteiger charge is 2.19. The van der Waals surface area contributed by atoms with Crippen LogP contribution in [0.15, 0.2) is 85.5 Å². The highest BCUT2D eigenvalue weighted by atomic mass is 16.5. The van der Waals surface area contributed by atoms with E-state index < -0.39 is 5.60 Å². The Balaban J connectivity index is 0.000000493. The minimum atomic E-state index is -1.25. The first kappa shape index (κ1) is 28.7. The molecule has 0 aliphatic heterocycles. The molecule has 0 unspecified atom stereocenters. The van der Waals surface area contributed by atoms with Gasteiger partial charge in [-0.1, -0.05) is 62.9 Å². The lowest BCUT2D eigenvalue weighted by Gasteiger charge is -2.21. The molecule has 34 heavy (non-hydrogen) atoms. The van der Waals surface area contributed by atoms with Gasteiger partial charge in [0.1, 0.15) is 22.7 Å². The van der Waals surface area contributed by atoms with Crippen LogP contribution in [0, 0.1) is 0 Å². The normalized spacial score (nSPS) is 10.7. The zero-order chi connectivity index (χ0) is 25.9. The van der Waals surface area contributed by atoms with Crippen LogP contribution in [0.2, 0.25) is 0 Å². The Kier molecular flexibility index (Phi) is 10.8. The minimum Gasteiger partial charge on any atom is -0.508 e. The van der Waals surface area contributed by atoms with Crippen LogP contribution in [0.25, 0.3) is 22.3 Å². The molecule has 0 aliphatic rings. The van der Waals surface area contributed by atoms with Crippen molar-refractivity contribution in [2.75, 3.05) is 0 Å². The fourth-order valence-electron chi connectivity index (χ4n) is 2.85. The van der Waals surface area contributed by atoms with Gasteiger partial charge in [0.2, 0.25) is 0 Å². The number of aromatic hydroxyl groups is 1. The molecule has 0 atom stereocenters. The van der Waals surface area contributed by atoms with Gasteiger partial charge >= 0.3 is 0 Å². The molecule has 3 rings (SSSR count). The number of hydrogen-bond donors (Lipinski definition) is 2. The summed E-state index contributed by atoms with van der Waals surface area (Å²) in [5, 5.41) is 18.3. The molecule has 0 aliphatic carbocycles. The molecule has 0 amide bonds. The number of ether oxygens (including phenoxy) is 1. The molecule has 2 N–H and O–H groups in total. The van der Waals surface area contributed by atoms with Crippen LogP contribution in [0.5, 0.6) is 11.5 Å². The Bertz CT molecular complexity index is 1030. The van der Waals surface area contributed by atoms with E-state index in [2.05, 4.69) is 43.0 Å². The quantitative estimate of drug-likeness (QED) is 0.387. The average Bonchev–Trinajstić information content (AvgIpc) is 2.80. The Morgan fingerprint density at radius 2 is 1.24 bits per heavy atom. The standard InChI is InChI=1S/C22H22O2.C6H10O2.C2H6/c1-22(2,3)24-21-13-9-17(10-14-21)19-6-4-5-18(15-19)16-7-11-20(23)12-8-16;1-4-5(7)6(2,3)8;1-2/h4-15,23H,1-3H3;4,8H,1H2,2-3H3;1-2H3. The molecule has 3 aromatic carbocycles. The zero-order valence-electron chi connectivity index (χ0n) is 21.4. The van der Waals surface area contributed by atoms with Gasteiger partial charge in [-0.2, -0.15) is 0 Å². The van der Waals surface area contributed by atoms with Crippen molar-refractivity contribution in [3.63, 3.8) is 0 Å². The zero-order valence-corrected chi connectivity index (χ0v) is 21.4. The predicted molar refractivity (Wildman–Crippen MR) is 142 cm³/mol. The summed E-state index contributed by atoms with van der Waals surface area (Å²) in [5.41, 5.74) is 3.08. The van der Waals surface area contributed by atoms with Crippen LogP contribution < -0.4 is 4.74 Å². The van der Waals surface area contributed by atoms with Crippen molar-refractivity contribution in [3.8, 4) is 33.8 Å². The van der Waals surface area contributed by atoms with Gasteiger partial charge in [-0.3, -0.25) is 4.79 Å². The van der Waals surface area contributed by atoms with Crippen molar-refractivity contribution in [1.29, 1.82) is 0 Å². The number of carbonyl (C=O) groups excluding carboxylic acids is 1. The summed E-state index contributed by atoms with van der Waals surface area (Å²) in [6, 6.07) is 23.8. The lowest BCUT2D eigenvalue weighted by atomic mass is 9.99. The number of aliphatic hydroxyl groups is 1. The van der Waals surface area contributed by atoms with Gasteiger partial charge in [-0.15, -0.1) is 0 Å². The molecule has 3 aromatic rings. The molecule has 4 nitrogen and oxygen atoms in total. The Morgan fingerprint density at radius 1 is 0.794 bits per heavy atom. The number of phenolic OH excluding ortho intramolecular Hbond substituents is 1. The Morgan fingerprint density at radius 3 is 1.59 bits per heavy atom. The minimum absolute atomic E-state index is 0.194. The SMILES string of the molecule is C=CC(=O)C(C)(C)O.CC.CC(C)(C)Oc1ccc(-c2cccc(-c3ccc(O)cc3)c2)cc1. The molecule has 0 bridgehead atoms. The highest BCUT2D eigenvalue weighted by molar-refractivity contribution is 5.95. The lowest BCUT2D eigenvalue weighted by molar-refractivity contribution is -0.128. The first-order valence-electron chi connectivity index (χ1n) is 11.5. The van der Waals surface area contributed by atoms with Crippen LogP contribution in [0.3, 0.4) is 0 Å². The maximum atomic E-state index is 10.5. The van der Waals surface area contributed by atoms with Crippen LogP contribution in [-0.4, -0.2) is 27.2 Å². The third kappa shape index (κ3) is 9.63. The fraction of sp³-hybridized carbons (Fsp3) is 0.300. The first-order chi connectivity index (χ1) is 15.9. The average molecular weight is 463 g/mol. The number of ketones is 1. The summed E-state index contributed by atoms with van der Waals surface area (Å²) >= 11 is 0. The lowest BCUT2D eigenvalue weighted by Crippen LogP contribution is -2.28. The molecule has 0 radical (unpaired) electrons. The Hall–Kier alpha value is -3.37. The number of phenols is 1. The number of hydrogen-bond acceptors (Lipinski definition) is 4. The van der Waals surface area contributed by atoms with E-state index in [0.717, 1.165) is 34.1 Å². The second-order valence-electron chi connectivity index (χ2n) is 8.99. The van der Waals surface area contributed by atoms with E-state index in [1.54, 1.807) is 12.1 Å². The van der Waals surface area contributed by atoms with Crippen LogP contribution in [0.1, 0.15) is 48.5 Å². The second-order valence-corrected chi connectivity index (χ2v) is 8.99. The molecule has 182 valence electrons. The van der Waals surface area contributed by atoms with E-state index in [4.69, 9.17) is 9.84 Å². The van der Waals surface area contributed by atoms with Crippen molar-refractivity contribution in [2.24, 2.45) is 0 Å². The van der Waals surface area contributed by atoms with E-state index in [-0.39, 0.29) is 17.1 Å². The number of rotatable bonds is 5. The number of carbonyl (C=O) groups is 1. The van der Waals surface area contributed by atoms with E-state index in [0.29, 0.717) is 0 Å². The van der Waals surface area contributed by atoms with E-state index in [1.807, 2.05) is 58.9 Å². The van der Waals surface area contributed by atoms with Gasteiger partial charge in [0.25, 0.3) is 0 Å². The van der Waals surface area contributed by atoms with Crippen molar-refractivity contribution < 1.29 is 19.7 Å². The molecule has 0 saturated heterocycles. The summed E-state index contributed by atoms with van der Waals surface area (Å²) in [6.45, 7) is 16.2. The maximum absolute atomic E-state index is 10.5. The van der Waals surface area contributed by atoms with E-state index in [9.17, 15) is 9.90 Å². The summed E-state index contributed by atoms with van der Waals surface area (Å²) in [5.74, 6) is 0.808. The van der Waals surface area contributed by atoms with Crippen molar-refractivity contribution in [3.05, 3.63) is 85.5 Å². The number of benzene rings is 3. The summed E-state index contributed by atoms with van der Waals surface area (Å²) in [7, 11) is 0. The van der Waals surface area contributed by atoms with E-state index >= 15 is 0 Å². The van der Waals surface area contributed by atoms with Gasteiger partial charge in [0.15, 0.2) is 5.78 Å². The second kappa shape index (κ2) is 12.8. The topological polar surface area (TPSA) is 66.8 Å². The van der Waals surface area contributed by atoms with Gasteiger partial charge < -0.3 is 14.9 Å². The van der Waals surface area contributed by atoms with Gasteiger partial charge in [0, 0.05) is 0 Å². The first-order valence-corrected chi connectivity index (χ1v) is 11.5. The van der Waals surface area contributed by atoms with Crippen LogP contribution in [-0.2, 0) is 4.79 Å². The van der Waals surface area contributed by atoms with Gasteiger partial charge in [0.05, 0.1) is 0 Å². The fourth-order valence-corrected chi connectivity index (χ4v) is 2.85. The predicted octanol–water partition coefficient (Wildman–Crippen LogP) is 7.44. The molecule has 0 saturated carbocycles. The molecule has 0 spiro atoms. The van der Waals surface area contributed by atoms with Crippen molar-refractivity contribution in [2.45, 2.75) is 59.7 Å². The smallest absolute Gasteiger partial charge is 0.185 e. The summed E-state index contributed by atoms with van der Waals surface area (Å²) in [6.07, 6.45) is 1.11. The third-order valence-corrected chi connectivity index (χ3v) is 4.46. The largest absolute Gasteiger partial charge is 0.508 e. The van der Waals surface area contributed by atoms with Gasteiger partial charge in [-0.25, -0.2) is 0 Å². The summed E-state index contributed by atoms with van der Waals surface area (Å²) in [4.78, 5) is 10.5. The summed E-state index contributed by atoms with van der Waals surface area (Å²) < 4.78 is 5.87. The molecular weight excluding hydrogens is 424 g/mol. The maximum Gasteiger partial charge on any atom is 0.185 e. The van der Waals surface area contributed by atoms with Crippen molar-refractivity contribution in [1.82, 2.24) is 0 Å². The van der Waals surface area contributed by atoms with Crippen LogP contribution >= 0.6 is 0 Å². The molecule has 0 aromatic heterocycles. The molecule has 0 fully saturated rings. The van der Waals surface area contributed by atoms with Crippen molar-refractivity contribution >= 4 is 5.78 Å². The van der Waals surface area contributed by atoms with Gasteiger partial charge in [-0.05, 0) is 93.3 Å². The monoisotopic (exact) mass is 462 g/mol. The Labute approximate surface area is 204 Å². The molecule has 4 heteroatoms.